The Kier molecular flexibility index (Phi) is 23.6. The predicted octanol–water partition coefficient (Wildman–Crippen LogP) is 0.0119. The van der Waals surface area contributed by atoms with Crippen LogP contribution in [0.1, 0.15) is 0 Å². The molecule has 0 fully saturated rings. The molecule has 0 radical (unpaired) electrons. The van der Waals surface area contributed by atoms with Crippen molar-refractivity contribution in [3.05, 3.63) is 0 Å². The molecule has 0 aromatic rings. The summed E-state index contributed by atoms with van der Waals surface area (Å²) in [6.45, 7) is 0. The molecule has 0 unspecified atom stereocenters. The average Bonchev–Trinajstić information content (AvgIpc) is 0.918. The first-order valence-corrected chi connectivity index (χ1v) is 0.836. The topological polar surface area (TPSA) is 23.8 Å². The van der Waals surface area contributed by atoms with E-state index in [0.29, 0.717) is 0 Å². The molecule has 0 saturated carbocycles. The molecular formula is CCuNS. The first-order chi connectivity index (χ1) is 1.41. The zero-order chi connectivity index (χ0) is 2.71. The van der Waals surface area contributed by atoms with Crippen molar-refractivity contribution < 1.29 is 17.1 Å². The molecule has 1 nitrogen and oxygen atoms in total. The number of thiocyanates is 1. The van der Waals surface area contributed by atoms with E-state index < -0.39 is 0 Å². The van der Waals surface area contributed by atoms with Crippen molar-refractivity contribution in [2.24, 2.45) is 0 Å². The van der Waals surface area contributed by atoms with Gasteiger partial charge in [-0.25, -0.2) is 5.26 Å². The first-order valence-electron chi connectivity index (χ1n) is 0.428. The molecule has 0 aromatic carbocycles. The molecule has 0 saturated heterocycles. The van der Waals surface area contributed by atoms with Crippen LogP contribution in [0.4, 0.5) is 0 Å². The van der Waals surface area contributed by atoms with Crippen LogP contribution in [-0.4, -0.2) is 0 Å². The molecule has 26 valence electrons. The first kappa shape index (κ1) is 8.87. The second-order valence-electron chi connectivity index (χ2n) is 0.0913. The molecule has 0 amide bonds. The van der Waals surface area contributed by atoms with Gasteiger partial charge in [0.15, 0.2) is 0 Å². The molecule has 3 heteroatoms. The smallest absolute Gasteiger partial charge is 0.696 e. The number of rotatable bonds is 0. The summed E-state index contributed by atoms with van der Waals surface area (Å²) >= 11 is 3.70. The maximum atomic E-state index is 7.13. The molecular weight excluding hydrogens is 122 g/mol. The van der Waals surface area contributed by atoms with Gasteiger partial charge in [0.05, 0.1) is 0 Å². The molecule has 0 aromatic heterocycles. The molecule has 0 aliphatic rings. The number of hydrogen-bond acceptors (Lipinski definition) is 2. The Morgan fingerprint density at radius 3 is 1.75 bits per heavy atom. The van der Waals surface area contributed by atoms with Crippen molar-refractivity contribution in [3.8, 4) is 5.40 Å². The van der Waals surface area contributed by atoms with E-state index in [4.69, 9.17) is 5.26 Å². The van der Waals surface area contributed by atoms with Gasteiger partial charge in [-0.05, 0) is 0 Å². The van der Waals surface area contributed by atoms with E-state index in [1.807, 2.05) is 0 Å². The van der Waals surface area contributed by atoms with E-state index in [1.54, 1.807) is 0 Å². The zero-order valence-corrected chi connectivity index (χ0v) is 3.42. The third-order valence-electron chi connectivity index (χ3n) is 0. The van der Waals surface area contributed by atoms with Gasteiger partial charge in [0.25, 0.3) is 0 Å². The quantitative estimate of drug-likeness (QED) is 0.256. The fraction of sp³-hybridized carbons (Fsp3) is 0. The summed E-state index contributed by atoms with van der Waals surface area (Å²) in [5.74, 6) is 0. The van der Waals surface area contributed by atoms with E-state index in [9.17, 15) is 0 Å². The van der Waals surface area contributed by atoms with Gasteiger partial charge in [-0.3, -0.25) is 0 Å². The molecule has 0 spiro atoms. The fourth-order valence-electron chi connectivity index (χ4n) is 0. The SMILES string of the molecule is N#C[S-].[Cu+]. The van der Waals surface area contributed by atoms with Gasteiger partial charge < -0.3 is 12.6 Å². The molecule has 0 rings (SSSR count). The van der Waals surface area contributed by atoms with Crippen LogP contribution in [0.25, 0.3) is 0 Å². The molecule has 0 heterocycles. The summed E-state index contributed by atoms with van der Waals surface area (Å²) in [7, 11) is 0. The minimum absolute atomic E-state index is 0. The van der Waals surface area contributed by atoms with Crippen LogP contribution in [0.15, 0.2) is 0 Å². The van der Waals surface area contributed by atoms with E-state index >= 15 is 0 Å². The van der Waals surface area contributed by atoms with Crippen molar-refractivity contribution in [1.29, 1.82) is 5.26 Å². The maximum absolute atomic E-state index is 7.13. The normalized spacial score (nSPS) is 1.75. The van der Waals surface area contributed by atoms with Crippen molar-refractivity contribution >= 4 is 12.6 Å². The summed E-state index contributed by atoms with van der Waals surface area (Å²) < 4.78 is 0. The van der Waals surface area contributed by atoms with Crippen LogP contribution in [0.5, 0.6) is 0 Å². The van der Waals surface area contributed by atoms with E-state index in [-0.39, 0.29) is 17.1 Å². The summed E-state index contributed by atoms with van der Waals surface area (Å²) in [4.78, 5) is 0. The van der Waals surface area contributed by atoms with Crippen LogP contribution < -0.4 is 0 Å². The molecule has 4 heavy (non-hydrogen) atoms. The Bertz CT molecular complexity index is 29.5. The minimum atomic E-state index is 0. The third kappa shape index (κ3) is 64.0. The van der Waals surface area contributed by atoms with Crippen LogP contribution in [0, 0.1) is 10.7 Å². The number of hydrogen-bond donors (Lipinski definition) is 0. The summed E-state index contributed by atoms with van der Waals surface area (Å²) in [5.41, 5.74) is 0. The standard InChI is InChI=1S/CHNS.Cu/c2-1-3;/h3H;/q;+1/p-1. The molecule has 0 aliphatic carbocycles. The minimum Gasteiger partial charge on any atom is -0.696 e. The van der Waals surface area contributed by atoms with Gasteiger partial charge in [0, 0.05) is 0 Å². The van der Waals surface area contributed by atoms with E-state index in [0.717, 1.165) is 0 Å². The Balaban J connectivity index is 0. The third-order valence-corrected chi connectivity index (χ3v) is 0. The van der Waals surface area contributed by atoms with Crippen LogP contribution in [-0.2, 0) is 29.7 Å². The fourth-order valence-corrected chi connectivity index (χ4v) is 0. The number of nitrogens with zero attached hydrogens (tertiary/aromatic N) is 1. The van der Waals surface area contributed by atoms with Gasteiger partial charge in [0.1, 0.15) is 0 Å². The summed E-state index contributed by atoms with van der Waals surface area (Å²) in [6.07, 6.45) is 0. The Labute approximate surface area is 40.9 Å². The van der Waals surface area contributed by atoms with Gasteiger partial charge >= 0.3 is 17.1 Å². The molecule has 0 N–H and O–H groups in total. The van der Waals surface area contributed by atoms with E-state index in [2.05, 4.69) is 12.6 Å². The Morgan fingerprint density at radius 2 is 1.75 bits per heavy atom. The monoisotopic (exact) mass is 121 g/mol. The summed E-state index contributed by atoms with van der Waals surface area (Å²) in [5, 5.41) is 8.47. The zero-order valence-electron chi connectivity index (χ0n) is 1.66. The Morgan fingerprint density at radius 1 is 1.75 bits per heavy atom. The van der Waals surface area contributed by atoms with Crippen molar-refractivity contribution in [2.75, 3.05) is 0 Å². The van der Waals surface area contributed by atoms with Crippen molar-refractivity contribution in [2.45, 2.75) is 0 Å². The van der Waals surface area contributed by atoms with Crippen LogP contribution >= 0.6 is 0 Å². The average molecular weight is 122 g/mol. The van der Waals surface area contributed by atoms with Crippen LogP contribution in [0.2, 0.25) is 0 Å². The van der Waals surface area contributed by atoms with Crippen molar-refractivity contribution in [3.63, 3.8) is 0 Å². The van der Waals surface area contributed by atoms with Gasteiger partial charge in [0.2, 0.25) is 0 Å². The second-order valence-corrected chi connectivity index (χ2v) is 0.274. The molecule has 0 bridgehead atoms. The van der Waals surface area contributed by atoms with Gasteiger partial charge in [-0.1, -0.05) is 5.40 Å². The van der Waals surface area contributed by atoms with E-state index in [1.165, 1.54) is 5.40 Å². The molecule has 0 atom stereocenters. The maximum Gasteiger partial charge on any atom is 1.00 e. The largest absolute Gasteiger partial charge is 1.00 e. The van der Waals surface area contributed by atoms with Crippen molar-refractivity contribution in [1.82, 2.24) is 0 Å². The molecule has 0 aliphatic heterocycles. The predicted molar refractivity (Wildman–Crippen MR) is 13.0 cm³/mol. The van der Waals surface area contributed by atoms with Crippen LogP contribution in [0.3, 0.4) is 0 Å². The number of nitriles is 1. The Hall–Kier alpha value is 0.229. The van der Waals surface area contributed by atoms with Gasteiger partial charge in [-0.2, -0.15) is 0 Å². The van der Waals surface area contributed by atoms with Gasteiger partial charge in [-0.15, -0.1) is 0 Å². The summed E-state index contributed by atoms with van der Waals surface area (Å²) in [6, 6.07) is 0. The second kappa shape index (κ2) is 10.6.